The molecule has 2 atom stereocenters. The normalized spacial score (nSPS) is 13.6. The van der Waals surface area contributed by atoms with E-state index in [1.165, 1.54) is 180 Å². The summed E-state index contributed by atoms with van der Waals surface area (Å²) in [5.41, 5.74) is 5.39. The molecule has 0 amide bonds. The molecule has 8 nitrogen and oxygen atoms in total. The SMILES string of the molecule is CCCCC/C=C\C/C=C\CCCCCCCCCC(=O)OC(COCCCCCCCCCCCCCC/C=C\CCCCCCCCCC)COP(=O)(O)OCCN. The first kappa shape index (κ1) is 58.7. The second kappa shape index (κ2) is 48.7. The number of phosphoric ester groups is 1. The molecule has 9 heteroatoms. The van der Waals surface area contributed by atoms with Gasteiger partial charge in [0.1, 0.15) is 6.10 Å². The molecule has 2 unspecified atom stereocenters. The van der Waals surface area contributed by atoms with Gasteiger partial charge in [0.15, 0.2) is 0 Å². The lowest BCUT2D eigenvalue weighted by Crippen LogP contribution is -2.28. The highest BCUT2D eigenvalue weighted by molar-refractivity contribution is 7.47. The zero-order valence-corrected chi connectivity index (χ0v) is 40.3. The van der Waals surface area contributed by atoms with Crippen molar-refractivity contribution < 1.29 is 32.8 Å². The number of hydrogen-bond acceptors (Lipinski definition) is 7. The van der Waals surface area contributed by atoms with Crippen LogP contribution < -0.4 is 5.73 Å². The molecule has 0 saturated carbocycles. The second-order valence-corrected chi connectivity index (χ2v) is 18.5. The highest BCUT2D eigenvalue weighted by Crippen LogP contribution is 2.43. The molecule has 354 valence electrons. The molecule has 3 N–H and O–H groups in total. The van der Waals surface area contributed by atoms with Crippen LogP contribution in [0, 0.1) is 0 Å². The molecule has 0 spiro atoms. The predicted molar refractivity (Wildman–Crippen MR) is 256 cm³/mol. The van der Waals surface area contributed by atoms with E-state index in [9.17, 15) is 14.3 Å². The standard InChI is InChI=1S/C51H98NO7P/c1-3-5-7-9-11-13-15-17-19-21-22-23-24-25-26-27-29-31-33-35-37-39-41-43-46-56-48-50(49-58-60(54,55)57-47-45-52)59-51(53)44-42-40-38-36-34-32-30-28-20-18-16-14-12-10-8-6-4-2/h12,14,18,20-22,50H,3-11,13,15-17,19,23-49,52H2,1-2H3,(H,54,55)/b14-12-,20-18-,22-21-. The largest absolute Gasteiger partial charge is 0.472 e. The number of hydrogen-bond donors (Lipinski definition) is 2. The van der Waals surface area contributed by atoms with Crippen LogP contribution in [-0.4, -0.2) is 49.9 Å². The summed E-state index contributed by atoms with van der Waals surface area (Å²) < 4.78 is 33.6. The van der Waals surface area contributed by atoms with Crippen LogP contribution in [0.4, 0.5) is 0 Å². The average Bonchev–Trinajstić information content (AvgIpc) is 3.24. The zero-order chi connectivity index (χ0) is 43.7. The predicted octanol–water partition coefficient (Wildman–Crippen LogP) is 15.8. The van der Waals surface area contributed by atoms with Gasteiger partial charge in [-0.1, -0.05) is 204 Å². The third-order valence-electron chi connectivity index (χ3n) is 11.0. The van der Waals surface area contributed by atoms with Gasteiger partial charge in [0.2, 0.25) is 0 Å². The summed E-state index contributed by atoms with van der Waals surface area (Å²) in [4.78, 5) is 22.6. The Bertz CT molecular complexity index is 1020. The zero-order valence-electron chi connectivity index (χ0n) is 39.5. The number of carbonyl (C=O) groups excluding carboxylic acids is 1. The van der Waals surface area contributed by atoms with E-state index in [1.54, 1.807) is 0 Å². The van der Waals surface area contributed by atoms with Gasteiger partial charge in [0.05, 0.1) is 19.8 Å². The number of ether oxygens (including phenoxy) is 2. The van der Waals surface area contributed by atoms with E-state index in [-0.39, 0.29) is 32.3 Å². The molecule has 0 aliphatic heterocycles. The van der Waals surface area contributed by atoms with Crippen molar-refractivity contribution in [3.63, 3.8) is 0 Å². The molecular formula is C51H98NO7P. The number of nitrogens with two attached hydrogens (primary N) is 1. The van der Waals surface area contributed by atoms with Crippen molar-refractivity contribution in [2.45, 2.75) is 251 Å². The Morgan fingerprint density at radius 2 is 0.883 bits per heavy atom. The lowest BCUT2D eigenvalue weighted by molar-refractivity contribution is -0.154. The fourth-order valence-electron chi connectivity index (χ4n) is 7.26. The lowest BCUT2D eigenvalue weighted by atomic mass is 10.0. The number of carbonyl (C=O) groups is 1. The third kappa shape index (κ3) is 47.8. The van der Waals surface area contributed by atoms with E-state index >= 15 is 0 Å². The molecule has 0 aromatic rings. The van der Waals surface area contributed by atoms with Crippen molar-refractivity contribution in [1.29, 1.82) is 0 Å². The number of unbranched alkanes of at least 4 members (excludes halogenated alkanes) is 30. The van der Waals surface area contributed by atoms with Crippen LogP contribution in [0.3, 0.4) is 0 Å². The van der Waals surface area contributed by atoms with Crippen molar-refractivity contribution in [2.75, 3.05) is 33.0 Å². The van der Waals surface area contributed by atoms with Gasteiger partial charge in [-0.15, -0.1) is 0 Å². The minimum atomic E-state index is -4.28. The van der Waals surface area contributed by atoms with Crippen molar-refractivity contribution in [2.24, 2.45) is 5.73 Å². The van der Waals surface area contributed by atoms with Crippen LogP contribution in [0.2, 0.25) is 0 Å². The van der Waals surface area contributed by atoms with Gasteiger partial charge in [-0.25, -0.2) is 4.57 Å². The summed E-state index contributed by atoms with van der Waals surface area (Å²) in [5.74, 6) is -0.335. The molecule has 0 saturated heterocycles. The van der Waals surface area contributed by atoms with E-state index in [0.29, 0.717) is 13.0 Å². The van der Waals surface area contributed by atoms with Gasteiger partial charge in [0.25, 0.3) is 0 Å². The molecule has 0 radical (unpaired) electrons. The Kier molecular flexibility index (Phi) is 47.7. The van der Waals surface area contributed by atoms with E-state index < -0.39 is 13.9 Å². The second-order valence-electron chi connectivity index (χ2n) is 17.0. The molecule has 0 aromatic carbocycles. The molecule has 0 aromatic heterocycles. The summed E-state index contributed by atoms with van der Waals surface area (Å²) in [6, 6.07) is 0. The maximum atomic E-state index is 12.6. The Balaban J connectivity index is 3.91. The average molecular weight is 868 g/mol. The van der Waals surface area contributed by atoms with Crippen molar-refractivity contribution >= 4 is 13.8 Å². The van der Waals surface area contributed by atoms with Gasteiger partial charge in [0, 0.05) is 19.6 Å². The third-order valence-corrected chi connectivity index (χ3v) is 12.0. The number of phosphoric acid groups is 1. The quantitative estimate of drug-likeness (QED) is 0.0269. The first-order chi connectivity index (χ1) is 29.4. The van der Waals surface area contributed by atoms with Gasteiger partial charge in [-0.2, -0.15) is 0 Å². The highest BCUT2D eigenvalue weighted by Gasteiger charge is 2.25. The summed E-state index contributed by atoms with van der Waals surface area (Å²) in [6.07, 6.45) is 57.5. The Labute approximate surface area is 371 Å². The maximum absolute atomic E-state index is 12.6. The number of allylic oxidation sites excluding steroid dienone is 6. The van der Waals surface area contributed by atoms with E-state index in [0.717, 1.165) is 44.9 Å². The van der Waals surface area contributed by atoms with Crippen molar-refractivity contribution in [3.8, 4) is 0 Å². The summed E-state index contributed by atoms with van der Waals surface area (Å²) >= 11 is 0. The summed E-state index contributed by atoms with van der Waals surface area (Å²) in [6.45, 7) is 4.92. The molecule has 60 heavy (non-hydrogen) atoms. The van der Waals surface area contributed by atoms with Crippen LogP contribution in [0.1, 0.15) is 245 Å². The Morgan fingerprint density at radius 1 is 0.500 bits per heavy atom. The molecule has 0 aliphatic carbocycles. The van der Waals surface area contributed by atoms with Gasteiger partial charge < -0.3 is 20.1 Å². The van der Waals surface area contributed by atoms with Crippen LogP contribution in [0.5, 0.6) is 0 Å². The number of esters is 1. The van der Waals surface area contributed by atoms with Gasteiger partial charge >= 0.3 is 13.8 Å². The van der Waals surface area contributed by atoms with E-state index in [4.69, 9.17) is 24.3 Å². The Hall–Kier alpha value is -1.28. The molecule has 0 aliphatic rings. The molecule has 0 fully saturated rings. The molecule has 0 heterocycles. The van der Waals surface area contributed by atoms with Gasteiger partial charge in [-0.05, 0) is 70.6 Å². The topological polar surface area (TPSA) is 117 Å². The van der Waals surface area contributed by atoms with Crippen LogP contribution in [0.25, 0.3) is 0 Å². The minimum Gasteiger partial charge on any atom is -0.457 e. The fourth-order valence-corrected chi connectivity index (χ4v) is 8.02. The van der Waals surface area contributed by atoms with Crippen LogP contribution >= 0.6 is 7.82 Å². The van der Waals surface area contributed by atoms with Crippen LogP contribution in [-0.2, 0) is 27.9 Å². The molecular weight excluding hydrogens is 770 g/mol. The highest BCUT2D eigenvalue weighted by atomic mass is 31.2. The van der Waals surface area contributed by atoms with Crippen molar-refractivity contribution in [3.05, 3.63) is 36.5 Å². The minimum absolute atomic E-state index is 0.0966. The van der Waals surface area contributed by atoms with Crippen molar-refractivity contribution in [1.82, 2.24) is 0 Å². The molecule has 0 bridgehead atoms. The maximum Gasteiger partial charge on any atom is 0.472 e. The number of rotatable bonds is 49. The first-order valence-electron chi connectivity index (χ1n) is 25.5. The van der Waals surface area contributed by atoms with E-state index in [1.807, 2.05) is 0 Å². The lowest BCUT2D eigenvalue weighted by Gasteiger charge is -2.20. The summed E-state index contributed by atoms with van der Waals surface area (Å²) in [7, 11) is -4.28. The monoisotopic (exact) mass is 868 g/mol. The van der Waals surface area contributed by atoms with Crippen LogP contribution in [0.15, 0.2) is 36.5 Å². The smallest absolute Gasteiger partial charge is 0.457 e. The summed E-state index contributed by atoms with van der Waals surface area (Å²) in [5, 5.41) is 0. The first-order valence-corrected chi connectivity index (χ1v) is 27.0. The van der Waals surface area contributed by atoms with Gasteiger partial charge in [-0.3, -0.25) is 13.8 Å². The molecule has 0 rings (SSSR count). The fraction of sp³-hybridized carbons (Fsp3) is 0.863. The van der Waals surface area contributed by atoms with E-state index in [2.05, 4.69) is 50.3 Å². The Morgan fingerprint density at radius 3 is 1.35 bits per heavy atom.